The Kier molecular flexibility index (Phi) is 8.52. The zero-order valence-corrected chi connectivity index (χ0v) is 22.1. The van der Waals surface area contributed by atoms with Crippen molar-refractivity contribution in [1.82, 2.24) is 4.90 Å². The standard InChI is InChI=1S/C29H31FN4O5/c1-33-13-11-18(12-14-33)17-39-23-10-9-20(15-22(23)30)34-26(29(36)38-3)25(28(35)37-2)24(21(16-31)27(34)32)19-7-5-4-6-8-19/h4-10,15,18,24H,11-14,17,32H2,1-3H3. The number of methoxy groups -OCH3 is 2. The van der Waals surface area contributed by atoms with E-state index in [4.69, 9.17) is 19.9 Å². The van der Waals surface area contributed by atoms with Crippen molar-refractivity contribution in [2.24, 2.45) is 11.7 Å². The van der Waals surface area contributed by atoms with E-state index in [-0.39, 0.29) is 34.1 Å². The van der Waals surface area contributed by atoms with Crippen molar-refractivity contribution in [3.8, 4) is 11.8 Å². The minimum atomic E-state index is -1.00. The zero-order valence-electron chi connectivity index (χ0n) is 22.1. The monoisotopic (exact) mass is 534 g/mol. The summed E-state index contributed by atoms with van der Waals surface area (Å²) in [5.41, 5.74) is 6.70. The van der Waals surface area contributed by atoms with Crippen LogP contribution in [-0.4, -0.2) is 57.8 Å². The van der Waals surface area contributed by atoms with E-state index >= 15 is 4.39 Å². The van der Waals surface area contributed by atoms with Gasteiger partial charge < -0.3 is 24.8 Å². The highest BCUT2D eigenvalue weighted by atomic mass is 19.1. The molecule has 0 aromatic heterocycles. The van der Waals surface area contributed by atoms with Crippen molar-refractivity contribution in [2.75, 3.05) is 45.9 Å². The molecule has 204 valence electrons. The molecule has 1 unspecified atom stereocenters. The van der Waals surface area contributed by atoms with Gasteiger partial charge in [0.15, 0.2) is 11.6 Å². The maximum Gasteiger partial charge on any atom is 0.355 e. The third-order valence-corrected chi connectivity index (χ3v) is 7.10. The number of nitrogens with zero attached hydrogens (tertiary/aromatic N) is 3. The highest BCUT2D eigenvalue weighted by molar-refractivity contribution is 6.06. The molecule has 2 aromatic carbocycles. The van der Waals surface area contributed by atoms with E-state index in [2.05, 4.69) is 18.0 Å². The van der Waals surface area contributed by atoms with Crippen molar-refractivity contribution in [1.29, 1.82) is 5.26 Å². The second kappa shape index (κ2) is 12.0. The normalized spacial score (nSPS) is 18.5. The number of hydrogen-bond acceptors (Lipinski definition) is 9. The number of likely N-dealkylation sites (tertiary alicyclic amines) is 1. The van der Waals surface area contributed by atoms with Crippen LogP contribution in [0.5, 0.6) is 5.75 Å². The molecule has 1 saturated heterocycles. The molecule has 0 bridgehead atoms. The smallest absolute Gasteiger partial charge is 0.355 e. The highest BCUT2D eigenvalue weighted by Gasteiger charge is 2.43. The molecule has 2 heterocycles. The maximum atomic E-state index is 15.3. The molecular weight excluding hydrogens is 503 g/mol. The van der Waals surface area contributed by atoms with Gasteiger partial charge in [0.05, 0.1) is 49.6 Å². The second-order valence-electron chi connectivity index (χ2n) is 9.51. The lowest BCUT2D eigenvalue weighted by molar-refractivity contribution is -0.139. The number of nitriles is 1. The molecule has 2 aromatic rings. The minimum Gasteiger partial charge on any atom is -0.490 e. The quantitative estimate of drug-likeness (QED) is 0.533. The number of carbonyl (C=O) groups excluding carboxylic acids is 2. The van der Waals surface area contributed by atoms with Gasteiger partial charge in [0.1, 0.15) is 11.5 Å². The fourth-order valence-electron chi connectivity index (χ4n) is 4.96. The van der Waals surface area contributed by atoms with Crippen molar-refractivity contribution in [3.05, 3.63) is 82.6 Å². The number of nitrogens with two attached hydrogens (primary N) is 1. The van der Waals surface area contributed by atoms with Crippen LogP contribution in [0.1, 0.15) is 24.3 Å². The van der Waals surface area contributed by atoms with Gasteiger partial charge in [-0.25, -0.2) is 14.0 Å². The van der Waals surface area contributed by atoms with Gasteiger partial charge in [0.25, 0.3) is 0 Å². The van der Waals surface area contributed by atoms with E-state index < -0.39 is 23.7 Å². The number of anilines is 1. The Morgan fingerprint density at radius 3 is 2.33 bits per heavy atom. The fourth-order valence-corrected chi connectivity index (χ4v) is 4.96. The zero-order chi connectivity index (χ0) is 28.1. The Hall–Kier alpha value is -4.36. The number of ether oxygens (including phenoxy) is 3. The van der Waals surface area contributed by atoms with E-state index in [1.54, 1.807) is 30.3 Å². The van der Waals surface area contributed by atoms with Gasteiger partial charge >= 0.3 is 11.9 Å². The van der Waals surface area contributed by atoms with Crippen LogP contribution in [0.15, 0.2) is 71.2 Å². The molecule has 9 nitrogen and oxygen atoms in total. The summed E-state index contributed by atoms with van der Waals surface area (Å²) >= 11 is 0. The average molecular weight is 535 g/mol. The average Bonchev–Trinajstić information content (AvgIpc) is 2.96. The molecule has 2 N–H and O–H groups in total. The SMILES string of the molecule is COC(=O)C1=C(C(=O)OC)N(c2ccc(OCC3CCN(C)CC3)c(F)c2)C(N)=C(C#N)C1c1ccccc1. The van der Waals surface area contributed by atoms with Crippen LogP contribution >= 0.6 is 0 Å². The van der Waals surface area contributed by atoms with Crippen LogP contribution in [0.4, 0.5) is 10.1 Å². The first-order chi connectivity index (χ1) is 18.8. The van der Waals surface area contributed by atoms with Crippen LogP contribution in [-0.2, 0) is 19.1 Å². The lowest BCUT2D eigenvalue weighted by atomic mass is 9.81. The minimum absolute atomic E-state index is 0.00254. The summed E-state index contributed by atoms with van der Waals surface area (Å²) in [5, 5.41) is 10.1. The van der Waals surface area contributed by atoms with E-state index in [9.17, 15) is 14.9 Å². The summed E-state index contributed by atoms with van der Waals surface area (Å²) in [5.74, 6) is -3.20. The summed E-state index contributed by atoms with van der Waals surface area (Å²) in [7, 11) is 4.39. The molecule has 0 saturated carbocycles. The molecule has 0 amide bonds. The predicted octanol–water partition coefficient (Wildman–Crippen LogP) is 3.44. The van der Waals surface area contributed by atoms with Crippen LogP contribution in [0.2, 0.25) is 0 Å². The summed E-state index contributed by atoms with van der Waals surface area (Å²) in [6.07, 6.45) is 1.93. The van der Waals surface area contributed by atoms with Crippen LogP contribution in [0.3, 0.4) is 0 Å². The number of hydrogen-bond donors (Lipinski definition) is 1. The first-order valence-electron chi connectivity index (χ1n) is 12.6. The third-order valence-electron chi connectivity index (χ3n) is 7.10. The number of carbonyl (C=O) groups is 2. The second-order valence-corrected chi connectivity index (χ2v) is 9.51. The Balaban J connectivity index is 1.78. The van der Waals surface area contributed by atoms with Crippen molar-refractivity contribution >= 4 is 17.6 Å². The first-order valence-corrected chi connectivity index (χ1v) is 12.6. The number of rotatable bonds is 7. The lowest BCUT2D eigenvalue weighted by Gasteiger charge is -2.36. The summed E-state index contributed by atoms with van der Waals surface area (Å²) in [6, 6.07) is 14.8. The van der Waals surface area contributed by atoms with Gasteiger partial charge in [0.2, 0.25) is 0 Å². The topological polar surface area (TPSA) is 118 Å². The number of esters is 2. The van der Waals surface area contributed by atoms with Crippen LogP contribution in [0.25, 0.3) is 0 Å². The predicted molar refractivity (Wildman–Crippen MR) is 142 cm³/mol. The summed E-state index contributed by atoms with van der Waals surface area (Å²) in [4.78, 5) is 29.7. The Morgan fingerprint density at radius 2 is 1.74 bits per heavy atom. The number of benzene rings is 2. The van der Waals surface area contributed by atoms with Crippen molar-refractivity contribution < 1.29 is 28.2 Å². The molecule has 0 spiro atoms. The van der Waals surface area contributed by atoms with E-state index in [1.807, 2.05) is 0 Å². The molecule has 2 aliphatic rings. The van der Waals surface area contributed by atoms with E-state index in [0.717, 1.165) is 44.0 Å². The molecule has 4 rings (SSSR count). The van der Waals surface area contributed by atoms with Crippen molar-refractivity contribution in [2.45, 2.75) is 18.8 Å². The number of piperidine rings is 1. The lowest BCUT2D eigenvalue weighted by Crippen LogP contribution is -2.40. The van der Waals surface area contributed by atoms with Crippen LogP contribution < -0.4 is 15.4 Å². The van der Waals surface area contributed by atoms with E-state index in [0.29, 0.717) is 18.1 Å². The molecule has 2 aliphatic heterocycles. The van der Waals surface area contributed by atoms with Crippen molar-refractivity contribution in [3.63, 3.8) is 0 Å². The molecule has 0 radical (unpaired) electrons. The Labute approximate surface area is 226 Å². The van der Waals surface area contributed by atoms with Gasteiger partial charge in [-0.15, -0.1) is 0 Å². The van der Waals surface area contributed by atoms with Gasteiger partial charge in [-0.3, -0.25) is 4.90 Å². The van der Waals surface area contributed by atoms with Crippen LogP contribution in [0, 0.1) is 23.1 Å². The molecule has 1 fully saturated rings. The van der Waals surface area contributed by atoms with Gasteiger partial charge in [-0.1, -0.05) is 30.3 Å². The largest absolute Gasteiger partial charge is 0.490 e. The number of allylic oxidation sites excluding steroid dienone is 1. The van der Waals surface area contributed by atoms with E-state index in [1.165, 1.54) is 19.2 Å². The molecule has 0 aliphatic carbocycles. The maximum absolute atomic E-state index is 15.3. The van der Waals surface area contributed by atoms with Gasteiger partial charge in [-0.2, -0.15) is 5.26 Å². The highest BCUT2D eigenvalue weighted by Crippen LogP contribution is 2.43. The fraction of sp³-hybridized carbons (Fsp3) is 0.345. The summed E-state index contributed by atoms with van der Waals surface area (Å²) < 4.78 is 31.1. The molecular formula is C29H31FN4O5. The third kappa shape index (κ3) is 5.59. The van der Waals surface area contributed by atoms with Gasteiger partial charge in [0, 0.05) is 6.07 Å². The van der Waals surface area contributed by atoms with Gasteiger partial charge in [-0.05, 0) is 56.6 Å². The first kappa shape index (κ1) is 27.7. The Bertz CT molecular complexity index is 1340. The molecule has 10 heteroatoms. The summed E-state index contributed by atoms with van der Waals surface area (Å²) in [6.45, 7) is 2.31. The Morgan fingerprint density at radius 1 is 1.08 bits per heavy atom. The molecule has 1 atom stereocenters. The number of halogens is 1. The molecule has 39 heavy (non-hydrogen) atoms.